The molecule has 3 amide bonds. The number of hydrogen-bond donors (Lipinski definition) is 2. The Balaban J connectivity index is 1.60. The SMILES string of the molecule is COC(=O)NC(=O)c1c(NC(=O)CCCSc2ccc(OC)cc2)sc2c1CCCCC2. The van der Waals surface area contributed by atoms with Crippen LogP contribution in [-0.4, -0.2) is 37.9 Å². The van der Waals surface area contributed by atoms with Crippen molar-refractivity contribution in [2.45, 2.75) is 49.8 Å². The molecule has 0 fully saturated rings. The summed E-state index contributed by atoms with van der Waals surface area (Å²) in [5, 5.41) is 5.67. The number of fused-ring (bicyclic) bond motifs is 1. The third-order valence-electron chi connectivity index (χ3n) is 5.18. The van der Waals surface area contributed by atoms with Gasteiger partial charge in [-0.05, 0) is 67.7 Å². The minimum atomic E-state index is -0.809. The highest BCUT2D eigenvalue weighted by molar-refractivity contribution is 7.99. The lowest BCUT2D eigenvalue weighted by atomic mass is 10.0. The summed E-state index contributed by atoms with van der Waals surface area (Å²) >= 11 is 3.13. The van der Waals surface area contributed by atoms with E-state index in [0.717, 1.165) is 58.9 Å². The Kier molecular flexibility index (Phi) is 8.99. The number of aryl methyl sites for hydroxylation is 1. The largest absolute Gasteiger partial charge is 0.497 e. The highest BCUT2D eigenvalue weighted by atomic mass is 32.2. The Bertz CT molecular complexity index is 956. The second-order valence-electron chi connectivity index (χ2n) is 7.39. The fourth-order valence-electron chi connectivity index (χ4n) is 3.56. The number of anilines is 1. The van der Waals surface area contributed by atoms with Crippen molar-refractivity contribution in [3.8, 4) is 5.75 Å². The van der Waals surface area contributed by atoms with Gasteiger partial charge in [0.05, 0.1) is 19.8 Å². The zero-order valence-electron chi connectivity index (χ0n) is 18.3. The molecule has 0 aliphatic heterocycles. The molecule has 2 aromatic rings. The number of imide groups is 1. The van der Waals surface area contributed by atoms with Crippen LogP contribution in [0.2, 0.25) is 0 Å². The average molecular weight is 477 g/mol. The van der Waals surface area contributed by atoms with Crippen molar-refractivity contribution in [1.29, 1.82) is 0 Å². The molecule has 0 atom stereocenters. The van der Waals surface area contributed by atoms with Gasteiger partial charge in [-0.3, -0.25) is 14.9 Å². The van der Waals surface area contributed by atoms with E-state index < -0.39 is 12.0 Å². The van der Waals surface area contributed by atoms with Gasteiger partial charge in [0.1, 0.15) is 10.8 Å². The number of carbonyl (C=O) groups excluding carboxylic acids is 3. The quantitative estimate of drug-likeness (QED) is 0.315. The van der Waals surface area contributed by atoms with Crippen molar-refractivity contribution in [2.75, 3.05) is 25.3 Å². The predicted octanol–water partition coefficient (Wildman–Crippen LogP) is 5.03. The number of rotatable bonds is 8. The number of nitrogens with one attached hydrogen (secondary N) is 2. The van der Waals surface area contributed by atoms with E-state index in [9.17, 15) is 14.4 Å². The second-order valence-corrected chi connectivity index (χ2v) is 9.66. The Morgan fingerprint density at radius 2 is 1.81 bits per heavy atom. The molecular formula is C23H28N2O5S2. The molecule has 1 heterocycles. The predicted molar refractivity (Wildman–Crippen MR) is 127 cm³/mol. The van der Waals surface area contributed by atoms with Gasteiger partial charge in [-0.25, -0.2) is 4.79 Å². The first-order chi connectivity index (χ1) is 15.5. The van der Waals surface area contributed by atoms with Crippen LogP contribution in [0.1, 0.15) is 52.9 Å². The lowest BCUT2D eigenvalue weighted by Crippen LogP contribution is -2.31. The molecule has 1 aromatic heterocycles. The summed E-state index contributed by atoms with van der Waals surface area (Å²) in [5.74, 6) is 0.955. The molecule has 0 bridgehead atoms. The molecule has 172 valence electrons. The fraction of sp³-hybridized carbons (Fsp3) is 0.435. The van der Waals surface area contributed by atoms with Crippen molar-refractivity contribution in [3.05, 3.63) is 40.3 Å². The molecule has 0 radical (unpaired) electrons. The van der Waals surface area contributed by atoms with Crippen LogP contribution in [0.15, 0.2) is 29.2 Å². The Labute approximate surface area is 196 Å². The first-order valence-electron chi connectivity index (χ1n) is 10.6. The first kappa shape index (κ1) is 24.1. The molecule has 0 saturated heterocycles. The van der Waals surface area contributed by atoms with Crippen molar-refractivity contribution >= 4 is 46.0 Å². The Hall–Kier alpha value is -2.52. The minimum absolute atomic E-state index is 0.135. The van der Waals surface area contributed by atoms with E-state index in [2.05, 4.69) is 15.4 Å². The Morgan fingerprint density at radius 1 is 1.06 bits per heavy atom. The number of hydrogen-bond acceptors (Lipinski definition) is 7. The summed E-state index contributed by atoms with van der Waals surface area (Å²) in [6.45, 7) is 0. The normalized spacial score (nSPS) is 12.9. The molecule has 2 N–H and O–H groups in total. The lowest BCUT2D eigenvalue weighted by Gasteiger charge is -2.09. The van der Waals surface area contributed by atoms with E-state index in [-0.39, 0.29) is 5.91 Å². The number of ether oxygens (including phenoxy) is 2. The van der Waals surface area contributed by atoms with Crippen LogP contribution in [0.5, 0.6) is 5.75 Å². The molecule has 3 rings (SSSR count). The molecule has 0 unspecified atom stereocenters. The molecule has 9 heteroatoms. The summed E-state index contributed by atoms with van der Waals surface area (Å²) in [7, 11) is 2.85. The van der Waals surface area contributed by atoms with E-state index in [0.29, 0.717) is 23.4 Å². The van der Waals surface area contributed by atoms with Crippen LogP contribution in [-0.2, 0) is 22.4 Å². The molecule has 32 heavy (non-hydrogen) atoms. The van der Waals surface area contributed by atoms with Gasteiger partial charge in [0.25, 0.3) is 5.91 Å². The molecule has 7 nitrogen and oxygen atoms in total. The first-order valence-corrected chi connectivity index (χ1v) is 12.4. The van der Waals surface area contributed by atoms with Gasteiger partial charge < -0.3 is 14.8 Å². The third kappa shape index (κ3) is 6.49. The monoisotopic (exact) mass is 476 g/mol. The molecule has 0 spiro atoms. The standard InChI is InChI=1S/C23H28N2O5S2/c1-29-15-10-12-16(13-11-15)31-14-6-9-19(26)24-22-20(21(27)25-23(28)30-2)17-7-4-3-5-8-18(17)32-22/h10-13H,3-9,14H2,1-2H3,(H,24,26)(H,25,27,28). The second kappa shape index (κ2) is 11.9. The van der Waals surface area contributed by atoms with E-state index in [1.807, 2.05) is 24.3 Å². The summed E-state index contributed by atoms with van der Waals surface area (Å²) in [4.78, 5) is 39.1. The lowest BCUT2D eigenvalue weighted by molar-refractivity contribution is -0.116. The third-order valence-corrected chi connectivity index (χ3v) is 7.48. The highest BCUT2D eigenvalue weighted by Gasteiger charge is 2.26. The topological polar surface area (TPSA) is 93.7 Å². The molecular weight excluding hydrogens is 448 g/mol. The van der Waals surface area contributed by atoms with E-state index in [1.165, 1.54) is 18.4 Å². The van der Waals surface area contributed by atoms with Crippen LogP contribution in [0, 0.1) is 0 Å². The Morgan fingerprint density at radius 3 is 2.53 bits per heavy atom. The van der Waals surface area contributed by atoms with E-state index in [4.69, 9.17) is 4.74 Å². The van der Waals surface area contributed by atoms with Crippen molar-refractivity contribution in [2.24, 2.45) is 0 Å². The van der Waals surface area contributed by atoms with Gasteiger partial charge in [-0.15, -0.1) is 23.1 Å². The maximum atomic E-state index is 12.8. The van der Waals surface area contributed by atoms with Crippen LogP contribution in [0.3, 0.4) is 0 Å². The van der Waals surface area contributed by atoms with Gasteiger partial charge in [0.2, 0.25) is 5.91 Å². The van der Waals surface area contributed by atoms with Crippen LogP contribution in [0.4, 0.5) is 9.80 Å². The molecule has 0 saturated carbocycles. The van der Waals surface area contributed by atoms with Crippen LogP contribution < -0.4 is 15.4 Å². The maximum absolute atomic E-state index is 12.8. The van der Waals surface area contributed by atoms with E-state index >= 15 is 0 Å². The summed E-state index contributed by atoms with van der Waals surface area (Å²) < 4.78 is 9.72. The van der Waals surface area contributed by atoms with Gasteiger partial charge in [0, 0.05) is 16.2 Å². The number of thioether (sulfide) groups is 1. The zero-order valence-corrected chi connectivity index (χ0v) is 20.0. The summed E-state index contributed by atoms with van der Waals surface area (Å²) in [5.41, 5.74) is 1.34. The number of benzene rings is 1. The smallest absolute Gasteiger partial charge is 0.413 e. The van der Waals surface area contributed by atoms with Gasteiger partial charge in [-0.2, -0.15) is 0 Å². The van der Waals surface area contributed by atoms with Gasteiger partial charge in [-0.1, -0.05) is 6.42 Å². The van der Waals surface area contributed by atoms with Crippen molar-refractivity contribution < 1.29 is 23.9 Å². The zero-order chi connectivity index (χ0) is 22.9. The van der Waals surface area contributed by atoms with Crippen molar-refractivity contribution in [1.82, 2.24) is 5.32 Å². The summed E-state index contributed by atoms with van der Waals surface area (Å²) in [6, 6.07) is 7.82. The minimum Gasteiger partial charge on any atom is -0.497 e. The average Bonchev–Trinajstić information content (AvgIpc) is 2.97. The number of alkyl carbamates (subject to hydrolysis) is 1. The van der Waals surface area contributed by atoms with Gasteiger partial charge >= 0.3 is 6.09 Å². The number of carbonyl (C=O) groups is 3. The number of amides is 3. The van der Waals surface area contributed by atoms with Crippen LogP contribution >= 0.6 is 23.1 Å². The fourth-order valence-corrected chi connectivity index (χ4v) is 5.72. The molecule has 1 aromatic carbocycles. The molecule has 1 aliphatic rings. The summed E-state index contributed by atoms with van der Waals surface area (Å²) in [6.07, 6.45) is 5.04. The molecule has 1 aliphatic carbocycles. The van der Waals surface area contributed by atoms with Gasteiger partial charge in [0.15, 0.2) is 0 Å². The van der Waals surface area contributed by atoms with E-state index in [1.54, 1.807) is 18.9 Å². The van der Waals surface area contributed by atoms with Crippen molar-refractivity contribution in [3.63, 3.8) is 0 Å². The number of methoxy groups -OCH3 is 2. The highest BCUT2D eigenvalue weighted by Crippen LogP contribution is 2.37. The number of thiophene rings is 1. The van der Waals surface area contributed by atoms with Crippen LogP contribution in [0.25, 0.3) is 0 Å². The maximum Gasteiger partial charge on any atom is 0.413 e.